The number of aromatic nitrogens is 4. The smallest absolute Gasteiger partial charge is 0.475 e. The highest BCUT2D eigenvalue weighted by Gasteiger charge is 2.38. The van der Waals surface area contributed by atoms with Crippen molar-refractivity contribution in [1.29, 1.82) is 0 Å². The number of nitrogens with zero attached hydrogens (tertiary/aromatic N) is 4. The number of sulfonamides is 1. The lowest BCUT2D eigenvalue weighted by Crippen LogP contribution is -2.21. The van der Waals surface area contributed by atoms with Crippen LogP contribution in [0.1, 0.15) is 0 Å². The Morgan fingerprint density at radius 3 is 2.31 bits per heavy atom. The summed E-state index contributed by atoms with van der Waals surface area (Å²) < 4.78 is 109. The molecule has 0 radical (unpaired) electrons. The molecular formula is C26H16ClF6N5O5S2. The molecule has 45 heavy (non-hydrogen) atoms. The maximum absolute atomic E-state index is 15.0. The van der Waals surface area contributed by atoms with Gasteiger partial charge in [0.25, 0.3) is 10.0 Å². The minimum absolute atomic E-state index is 0.0377. The van der Waals surface area contributed by atoms with Gasteiger partial charge in [-0.25, -0.2) is 31.4 Å². The van der Waals surface area contributed by atoms with Crippen LogP contribution in [-0.2, 0) is 21.9 Å². The van der Waals surface area contributed by atoms with Crippen LogP contribution < -0.4 is 9.46 Å². The summed E-state index contributed by atoms with van der Waals surface area (Å²) in [6.45, 7) is 0. The van der Waals surface area contributed by atoms with Crippen LogP contribution in [0, 0.1) is 17.5 Å². The lowest BCUT2D eigenvalue weighted by atomic mass is 10.0. The molecule has 0 fully saturated rings. The van der Waals surface area contributed by atoms with Crippen LogP contribution in [0.5, 0.6) is 11.5 Å². The lowest BCUT2D eigenvalue weighted by Gasteiger charge is -2.14. The fourth-order valence-electron chi connectivity index (χ4n) is 3.52. The first kappa shape index (κ1) is 33.2. The largest absolute Gasteiger partial charge is 0.490 e. The molecule has 2 aromatic carbocycles. The van der Waals surface area contributed by atoms with Gasteiger partial charge in [-0.1, -0.05) is 11.6 Å². The number of thiazole rings is 1. The summed E-state index contributed by atoms with van der Waals surface area (Å²) in [7, 11) is -2.63. The molecule has 10 nitrogen and oxygen atoms in total. The minimum Gasteiger partial charge on any atom is -0.475 e. The van der Waals surface area contributed by atoms with Gasteiger partial charge in [-0.3, -0.25) is 14.4 Å². The molecule has 3 heterocycles. The third-order valence-electron chi connectivity index (χ3n) is 5.50. The van der Waals surface area contributed by atoms with E-state index in [0.29, 0.717) is 11.1 Å². The fourth-order valence-corrected chi connectivity index (χ4v) is 5.43. The molecule has 0 aliphatic carbocycles. The summed E-state index contributed by atoms with van der Waals surface area (Å²) in [6, 6.07) is 6.36. The molecule has 0 saturated carbocycles. The molecule has 0 spiro atoms. The maximum atomic E-state index is 15.0. The predicted molar refractivity (Wildman–Crippen MR) is 150 cm³/mol. The summed E-state index contributed by atoms with van der Waals surface area (Å²) >= 11 is 7.45. The average Bonchev–Trinajstić information content (AvgIpc) is 3.62. The van der Waals surface area contributed by atoms with Crippen molar-refractivity contribution >= 4 is 44.7 Å². The van der Waals surface area contributed by atoms with E-state index in [9.17, 15) is 34.8 Å². The van der Waals surface area contributed by atoms with E-state index >= 15 is 0 Å². The van der Waals surface area contributed by atoms with Crippen molar-refractivity contribution < 1.29 is 49.4 Å². The van der Waals surface area contributed by atoms with E-state index in [1.165, 1.54) is 40.1 Å². The molecule has 0 bridgehead atoms. The molecule has 3 aromatic heterocycles. The highest BCUT2D eigenvalue weighted by molar-refractivity contribution is 7.92. The number of carboxylic acid groups (broad SMARTS) is 1. The number of aliphatic carboxylic acids is 1. The number of hydrogen-bond acceptors (Lipinski definition) is 8. The van der Waals surface area contributed by atoms with Crippen molar-refractivity contribution in [2.24, 2.45) is 7.05 Å². The van der Waals surface area contributed by atoms with Crippen molar-refractivity contribution in [3.05, 3.63) is 88.4 Å². The molecule has 0 amide bonds. The quantitative estimate of drug-likeness (QED) is 0.176. The van der Waals surface area contributed by atoms with Gasteiger partial charge in [-0.15, -0.1) is 11.3 Å². The van der Waals surface area contributed by atoms with Gasteiger partial charge in [0.15, 0.2) is 11.6 Å². The van der Waals surface area contributed by atoms with Crippen LogP contribution in [0.25, 0.3) is 22.4 Å². The van der Waals surface area contributed by atoms with Gasteiger partial charge in [0.2, 0.25) is 0 Å². The summed E-state index contributed by atoms with van der Waals surface area (Å²) in [4.78, 5) is 16.2. The Bertz CT molecular complexity index is 1970. The predicted octanol–water partition coefficient (Wildman–Crippen LogP) is 6.90. The van der Waals surface area contributed by atoms with Crippen molar-refractivity contribution in [3.63, 3.8) is 0 Å². The van der Waals surface area contributed by atoms with E-state index in [4.69, 9.17) is 26.2 Å². The maximum Gasteiger partial charge on any atom is 0.490 e. The Morgan fingerprint density at radius 1 is 1.02 bits per heavy atom. The Morgan fingerprint density at radius 2 is 1.73 bits per heavy atom. The SMILES string of the molecule is Cn1cc(-c2cc(-c3ccc(F)cc3F)ncc2Oc2cc(F)c(S(=O)(=O)Nc3cscn3)cc2Cl)cn1.O=C(O)C(F)(F)F. The number of alkyl halides is 3. The molecule has 0 saturated heterocycles. The second-order valence-corrected chi connectivity index (χ2v) is 11.5. The van der Waals surface area contributed by atoms with E-state index in [1.807, 2.05) is 0 Å². The molecule has 0 aliphatic heterocycles. The lowest BCUT2D eigenvalue weighted by molar-refractivity contribution is -0.192. The molecule has 19 heteroatoms. The number of halogens is 7. The van der Waals surface area contributed by atoms with E-state index < -0.39 is 44.5 Å². The summed E-state index contributed by atoms with van der Waals surface area (Å²) in [5.41, 5.74) is 2.60. The Balaban J connectivity index is 0.000000591. The highest BCUT2D eigenvalue weighted by atomic mass is 35.5. The van der Waals surface area contributed by atoms with E-state index in [0.717, 1.165) is 35.6 Å². The van der Waals surface area contributed by atoms with E-state index in [2.05, 4.69) is 19.8 Å². The van der Waals surface area contributed by atoms with Crippen LogP contribution in [0.15, 0.2) is 70.8 Å². The zero-order valence-corrected chi connectivity index (χ0v) is 24.6. The minimum atomic E-state index is -5.08. The molecule has 5 aromatic rings. The first-order valence-electron chi connectivity index (χ1n) is 11.9. The van der Waals surface area contributed by atoms with Crippen LogP contribution in [-0.4, -0.2) is 45.4 Å². The van der Waals surface area contributed by atoms with Crippen molar-refractivity contribution in [1.82, 2.24) is 19.7 Å². The normalized spacial score (nSPS) is 11.5. The molecule has 0 aliphatic rings. The number of hydrogen-bond donors (Lipinski definition) is 2. The molecular weight excluding hydrogens is 676 g/mol. The third kappa shape index (κ3) is 8.08. The van der Waals surface area contributed by atoms with Crippen molar-refractivity contribution in [3.8, 4) is 33.9 Å². The van der Waals surface area contributed by atoms with Crippen LogP contribution >= 0.6 is 22.9 Å². The number of anilines is 1. The first-order chi connectivity index (χ1) is 21.0. The average molecular weight is 692 g/mol. The number of nitrogens with one attached hydrogen (secondary N) is 1. The highest BCUT2D eigenvalue weighted by Crippen LogP contribution is 2.39. The molecule has 2 N–H and O–H groups in total. The van der Waals surface area contributed by atoms with E-state index in [1.54, 1.807) is 13.2 Å². The Kier molecular flexibility index (Phi) is 9.69. The zero-order chi connectivity index (χ0) is 33.1. The summed E-state index contributed by atoms with van der Waals surface area (Å²) in [5.74, 6) is -5.47. The number of pyridine rings is 1. The molecule has 0 atom stereocenters. The number of ether oxygens (including phenoxy) is 1. The van der Waals surface area contributed by atoms with Crippen molar-refractivity contribution in [2.75, 3.05) is 4.72 Å². The Labute approximate surface area is 258 Å². The van der Waals surface area contributed by atoms with Crippen molar-refractivity contribution in [2.45, 2.75) is 11.1 Å². The zero-order valence-electron chi connectivity index (χ0n) is 22.2. The fraction of sp³-hybridized carbons (Fsp3) is 0.0769. The van der Waals surface area contributed by atoms with Crippen LogP contribution in [0.2, 0.25) is 5.02 Å². The van der Waals surface area contributed by atoms with Gasteiger partial charge in [0.1, 0.15) is 28.1 Å². The van der Waals surface area contributed by atoms with Gasteiger partial charge < -0.3 is 9.84 Å². The van der Waals surface area contributed by atoms with Gasteiger partial charge >= 0.3 is 12.1 Å². The number of aryl methyl sites for hydroxylation is 1. The number of carboxylic acids is 1. The first-order valence-corrected chi connectivity index (χ1v) is 14.7. The molecule has 236 valence electrons. The van der Waals surface area contributed by atoms with Gasteiger partial charge in [0.05, 0.1) is 28.6 Å². The van der Waals surface area contributed by atoms with Crippen LogP contribution in [0.3, 0.4) is 0 Å². The van der Waals surface area contributed by atoms with Gasteiger partial charge in [-0.05, 0) is 24.3 Å². The number of benzene rings is 2. The third-order valence-corrected chi connectivity index (χ3v) is 7.75. The summed E-state index contributed by atoms with van der Waals surface area (Å²) in [5, 5.41) is 12.5. The topological polar surface area (TPSA) is 136 Å². The Hall–Kier alpha value is -4.68. The standard InChI is InChI=1S/C24H15ClF3N5O3S2.C2HF3O2/c1-33-10-13(8-31-33)16-5-20(15-3-2-14(26)4-18(15)27)29-9-22(16)36-21-7-19(28)23(6-17(21)25)38(34,35)32-24-11-37-12-30-24;3-2(4,5)1(6)7/h2-12,32H,1H3;(H,6,7). The van der Waals surface area contributed by atoms with E-state index in [-0.39, 0.29) is 33.6 Å². The number of rotatable bonds is 7. The summed E-state index contributed by atoms with van der Waals surface area (Å²) in [6.07, 6.45) is -0.632. The second kappa shape index (κ2) is 13.1. The van der Waals surface area contributed by atoms with Gasteiger partial charge in [0, 0.05) is 47.4 Å². The molecule has 5 rings (SSSR count). The van der Waals surface area contributed by atoms with Gasteiger partial charge in [-0.2, -0.15) is 18.3 Å². The monoisotopic (exact) mass is 691 g/mol. The van der Waals surface area contributed by atoms with Crippen LogP contribution in [0.4, 0.5) is 32.2 Å². The molecule has 0 unspecified atom stereocenters. The second-order valence-electron chi connectivity index (χ2n) is 8.69. The number of carbonyl (C=O) groups is 1.